The van der Waals surface area contributed by atoms with Gasteiger partial charge >= 0.3 is 5.97 Å². The molecule has 0 radical (unpaired) electrons. The van der Waals surface area contributed by atoms with E-state index in [0.29, 0.717) is 10.7 Å². The van der Waals surface area contributed by atoms with E-state index in [1.54, 1.807) is 25.1 Å². The lowest BCUT2D eigenvalue weighted by atomic mass is 9.92. The van der Waals surface area contributed by atoms with Gasteiger partial charge in [-0.3, -0.25) is 19.2 Å². The quantitative estimate of drug-likeness (QED) is 0.731. The van der Waals surface area contributed by atoms with Crippen molar-refractivity contribution < 1.29 is 19.1 Å². The van der Waals surface area contributed by atoms with Crippen LogP contribution >= 0.6 is 11.6 Å². The van der Waals surface area contributed by atoms with Crippen molar-refractivity contribution in [3.8, 4) is 0 Å². The van der Waals surface area contributed by atoms with Gasteiger partial charge in [0.2, 0.25) is 5.91 Å². The summed E-state index contributed by atoms with van der Waals surface area (Å²) in [6.07, 6.45) is 4.00. The van der Waals surface area contributed by atoms with Crippen molar-refractivity contribution in [3.05, 3.63) is 46.2 Å². The molecule has 8 nitrogen and oxygen atoms in total. The predicted molar refractivity (Wildman–Crippen MR) is 115 cm³/mol. The lowest BCUT2D eigenvalue weighted by Gasteiger charge is -2.44. The third kappa shape index (κ3) is 3.69. The molecule has 1 fully saturated rings. The molecule has 1 N–H and O–H groups in total. The minimum Gasteiger partial charge on any atom is -0.464 e. The van der Waals surface area contributed by atoms with Crippen LogP contribution in [0, 0.1) is 6.92 Å². The molecule has 164 valence electrons. The summed E-state index contributed by atoms with van der Waals surface area (Å²) in [7, 11) is 1.25. The molecule has 2 amide bonds. The molecule has 1 aliphatic heterocycles. The van der Waals surface area contributed by atoms with Crippen molar-refractivity contribution in [1.29, 1.82) is 0 Å². The first-order valence-electron chi connectivity index (χ1n) is 10.3. The van der Waals surface area contributed by atoms with E-state index in [1.807, 2.05) is 6.92 Å². The lowest BCUT2D eigenvalue weighted by molar-refractivity contribution is -0.127. The maximum absolute atomic E-state index is 13.6. The highest BCUT2D eigenvalue weighted by Gasteiger charge is 2.50. The summed E-state index contributed by atoms with van der Waals surface area (Å²) in [5.74, 6) is -1.30. The Hall–Kier alpha value is -2.87. The second kappa shape index (κ2) is 8.00. The van der Waals surface area contributed by atoms with Gasteiger partial charge in [0.1, 0.15) is 11.2 Å². The third-order valence-electron chi connectivity index (χ3n) is 6.13. The minimum absolute atomic E-state index is 0.0269. The minimum atomic E-state index is -1.25. The van der Waals surface area contributed by atoms with E-state index >= 15 is 0 Å². The van der Waals surface area contributed by atoms with Crippen LogP contribution in [0.15, 0.2) is 24.3 Å². The van der Waals surface area contributed by atoms with E-state index in [1.165, 1.54) is 22.8 Å². The number of nitrogens with zero attached hydrogens (tertiary/aromatic N) is 3. The number of benzene rings is 1. The molecule has 4 rings (SSSR count). The van der Waals surface area contributed by atoms with E-state index in [2.05, 4.69) is 10.4 Å². The summed E-state index contributed by atoms with van der Waals surface area (Å²) < 4.78 is 6.17. The highest BCUT2D eigenvalue weighted by atomic mass is 35.5. The molecular weight excluding hydrogens is 420 g/mol. The van der Waals surface area contributed by atoms with Crippen molar-refractivity contribution in [1.82, 2.24) is 15.1 Å². The van der Waals surface area contributed by atoms with Crippen LogP contribution in [0.2, 0.25) is 5.02 Å². The Labute approximate surface area is 185 Å². The van der Waals surface area contributed by atoms with E-state index in [9.17, 15) is 14.4 Å². The normalized spacial score (nSPS) is 21.2. The van der Waals surface area contributed by atoms with Crippen molar-refractivity contribution in [2.24, 2.45) is 0 Å². The Morgan fingerprint density at radius 1 is 1.26 bits per heavy atom. The van der Waals surface area contributed by atoms with Crippen LogP contribution in [-0.4, -0.2) is 46.3 Å². The number of hydrogen-bond acceptors (Lipinski definition) is 5. The fraction of sp³-hybridized carbons (Fsp3) is 0.455. The van der Waals surface area contributed by atoms with Gasteiger partial charge in [-0.05, 0) is 50.5 Å². The number of aryl methyl sites for hydroxylation is 1. The Kier molecular flexibility index (Phi) is 5.51. The number of nitrogens with one attached hydrogen (secondary N) is 1. The number of fused-ring (bicyclic) bond motifs is 1. The van der Waals surface area contributed by atoms with Crippen molar-refractivity contribution in [3.63, 3.8) is 0 Å². The number of carbonyl (C=O) groups is 3. The molecule has 1 aromatic heterocycles. The van der Waals surface area contributed by atoms with Crippen LogP contribution in [0.25, 0.3) is 0 Å². The highest BCUT2D eigenvalue weighted by Crippen LogP contribution is 2.36. The number of methoxy groups -OCH3 is 1. The lowest BCUT2D eigenvalue weighted by Crippen LogP contribution is -2.65. The van der Waals surface area contributed by atoms with Gasteiger partial charge < -0.3 is 10.1 Å². The van der Waals surface area contributed by atoms with Gasteiger partial charge in [-0.15, -0.1) is 0 Å². The number of rotatable bonds is 4. The molecule has 2 aromatic rings. The topological polar surface area (TPSA) is 93.5 Å². The number of carbonyl (C=O) groups excluding carboxylic acids is 3. The molecule has 2 heterocycles. The molecule has 1 saturated carbocycles. The number of aromatic nitrogens is 2. The van der Waals surface area contributed by atoms with Crippen LogP contribution in [-0.2, 0) is 16.1 Å². The summed E-state index contributed by atoms with van der Waals surface area (Å²) in [5.41, 5.74) is 0.359. The third-order valence-corrected chi connectivity index (χ3v) is 6.36. The second-order valence-corrected chi connectivity index (χ2v) is 8.80. The van der Waals surface area contributed by atoms with Crippen LogP contribution in [0.3, 0.4) is 0 Å². The molecule has 0 bridgehead atoms. The van der Waals surface area contributed by atoms with Gasteiger partial charge in [-0.2, -0.15) is 5.10 Å². The summed E-state index contributed by atoms with van der Waals surface area (Å²) in [4.78, 5) is 40.7. The van der Waals surface area contributed by atoms with Gasteiger partial charge in [0, 0.05) is 22.8 Å². The number of hydrogen-bond donors (Lipinski definition) is 1. The van der Waals surface area contributed by atoms with Crippen molar-refractivity contribution >= 4 is 35.1 Å². The number of amides is 2. The van der Waals surface area contributed by atoms with E-state index in [0.717, 1.165) is 31.2 Å². The van der Waals surface area contributed by atoms with Gasteiger partial charge in [0.15, 0.2) is 5.69 Å². The Morgan fingerprint density at radius 3 is 2.61 bits per heavy atom. The maximum atomic E-state index is 13.6. The molecule has 0 saturated heterocycles. The zero-order chi connectivity index (χ0) is 22.3. The molecule has 1 atom stereocenters. The zero-order valence-electron chi connectivity index (χ0n) is 17.8. The second-order valence-electron chi connectivity index (χ2n) is 8.36. The predicted octanol–water partition coefficient (Wildman–Crippen LogP) is 3.11. The van der Waals surface area contributed by atoms with Crippen LogP contribution in [0.4, 0.5) is 5.69 Å². The molecule has 1 aliphatic carbocycles. The first-order valence-corrected chi connectivity index (χ1v) is 10.7. The van der Waals surface area contributed by atoms with Crippen LogP contribution in [0.1, 0.15) is 59.1 Å². The standard InChI is InChI=1S/C22H25ClN4O4/c1-13-10-14(23)8-9-17(13)27-19(28)18-11-16(20(29)31-3)25-26(18)12-22(27,2)21(30)24-15-6-4-5-7-15/h8-11,15H,4-7,12H2,1-3H3,(H,24,30). The van der Waals surface area contributed by atoms with Gasteiger partial charge in [0.25, 0.3) is 5.91 Å². The van der Waals surface area contributed by atoms with Crippen molar-refractivity contribution in [2.45, 2.75) is 57.7 Å². The number of ether oxygens (including phenoxy) is 1. The number of esters is 1. The smallest absolute Gasteiger partial charge is 0.358 e. The molecule has 9 heteroatoms. The van der Waals surface area contributed by atoms with Gasteiger partial charge in [-0.1, -0.05) is 24.4 Å². The zero-order valence-corrected chi connectivity index (χ0v) is 18.5. The van der Waals surface area contributed by atoms with Gasteiger partial charge in [0.05, 0.1) is 13.7 Å². The fourth-order valence-electron chi connectivity index (χ4n) is 4.44. The average Bonchev–Trinajstić information content (AvgIpc) is 3.38. The molecule has 1 aromatic carbocycles. The Balaban J connectivity index is 1.81. The van der Waals surface area contributed by atoms with Crippen LogP contribution < -0.4 is 10.2 Å². The Morgan fingerprint density at radius 2 is 1.97 bits per heavy atom. The summed E-state index contributed by atoms with van der Waals surface area (Å²) in [6, 6.07) is 6.69. The number of anilines is 1. The first kappa shape index (κ1) is 21.4. The maximum Gasteiger partial charge on any atom is 0.358 e. The molecule has 31 heavy (non-hydrogen) atoms. The van der Waals surface area contributed by atoms with E-state index in [-0.39, 0.29) is 29.9 Å². The average molecular weight is 445 g/mol. The molecule has 0 spiro atoms. The first-order chi connectivity index (χ1) is 14.7. The SMILES string of the molecule is COC(=O)c1cc2n(n1)CC(C)(C(=O)NC1CCCC1)N(c1ccc(Cl)cc1C)C2=O. The monoisotopic (exact) mass is 444 g/mol. The molecule has 1 unspecified atom stereocenters. The summed E-state index contributed by atoms with van der Waals surface area (Å²) in [5, 5.41) is 7.90. The largest absolute Gasteiger partial charge is 0.464 e. The van der Waals surface area contributed by atoms with Crippen LogP contribution in [0.5, 0.6) is 0 Å². The highest BCUT2D eigenvalue weighted by molar-refractivity contribution is 6.30. The molecule has 2 aliphatic rings. The van der Waals surface area contributed by atoms with Crippen molar-refractivity contribution in [2.75, 3.05) is 12.0 Å². The Bertz CT molecular complexity index is 1060. The summed E-state index contributed by atoms with van der Waals surface area (Å²) >= 11 is 6.13. The summed E-state index contributed by atoms with van der Waals surface area (Å²) in [6.45, 7) is 3.67. The van der Waals surface area contributed by atoms with E-state index < -0.39 is 17.4 Å². The van der Waals surface area contributed by atoms with E-state index in [4.69, 9.17) is 16.3 Å². The number of halogens is 1. The fourth-order valence-corrected chi connectivity index (χ4v) is 4.67. The van der Waals surface area contributed by atoms with Gasteiger partial charge in [-0.25, -0.2) is 4.79 Å². The molecular formula is C22H25ClN4O4.